The van der Waals surface area contributed by atoms with Gasteiger partial charge in [-0.1, -0.05) is 11.6 Å². The molecule has 4 aliphatic heterocycles. The first-order valence-electron chi connectivity index (χ1n) is 14.7. The molecule has 2 aromatic heterocycles. The summed E-state index contributed by atoms with van der Waals surface area (Å²) >= 11 is 6.58. The van der Waals surface area contributed by atoms with Crippen molar-refractivity contribution in [2.75, 3.05) is 44.9 Å². The van der Waals surface area contributed by atoms with E-state index < -0.39 is 17.5 Å². The number of likely N-dealkylation sites (N-methyl/N-ethyl adjacent to an activating group) is 1. The first-order valence-corrected chi connectivity index (χ1v) is 15.1. The second-order valence-electron chi connectivity index (χ2n) is 12.4. The molecule has 3 saturated heterocycles. The van der Waals surface area contributed by atoms with Crippen LogP contribution in [0.5, 0.6) is 17.6 Å². The molecule has 0 amide bonds. The van der Waals surface area contributed by atoms with Crippen LogP contribution in [-0.4, -0.2) is 88.8 Å². The fourth-order valence-corrected chi connectivity index (χ4v) is 7.85. The van der Waals surface area contributed by atoms with Gasteiger partial charge in [0.05, 0.1) is 18.2 Å². The van der Waals surface area contributed by atoms with Gasteiger partial charge in [-0.3, -0.25) is 4.90 Å². The SMILES string of the molecule is CN1c2nc(OC[C@@]34CCCN3C[C@H](F)C4)nc3c(F)c(-c4cc(O)cc(Cl)c4C4CC4)nc(c23)OC2COCCC21. The number of hydrogen-bond donors (Lipinski definition) is 1. The molecule has 0 bridgehead atoms. The molecule has 1 aromatic carbocycles. The lowest BCUT2D eigenvalue weighted by atomic mass is 9.95. The molecule has 12 heteroatoms. The van der Waals surface area contributed by atoms with E-state index in [-0.39, 0.29) is 53.5 Å². The lowest BCUT2D eigenvalue weighted by molar-refractivity contribution is -0.00628. The fourth-order valence-electron chi connectivity index (χ4n) is 7.48. The second kappa shape index (κ2) is 9.75. The van der Waals surface area contributed by atoms with Gasteiger partial charge in [0.1, 0.15) is 47.0 Å². The Morgan fingerprint density at radius 3 is 2.90 bits per heavy atom. The average Bonchev–Trinajstić information content (AvgIpc) is 3.67. The Labute approximate surface area is 246 Å². The summed E-state index contributed by atoms with van der Waals surface area (Å²) in [4.78, 5) is 18.2. The normalized spacial score (nSPS) is 28.9. The zero-order valence-electron chi connectivity index (χ0n) is 23.3. The number of rotatable bonds is 5. The molecule has 0 spiro atoms. The predicted molar refractivity (Wildman–Crippen MR) is 152 cm³/mol. The molecule has 9 nitrogen and oxygen atoms in total. The second-order valence-corrected chi connectivity index (χ2v) is 12.8. The molecule has 222 valence electrons. The molecule has 1 saturated carbocycles. The molecule has 4 fully saturated rings. The van der Waals surface area contributed by atoms with E-state index in [2.05, 4.69) is 9.88 Å². The lowest BCUT2D eigenvalue weighted by Crippen LogP contribution is -2.49. The highest BCUT2D eigenvalue weighted by molar-refractivity contribution is 6.32. The number of phenols is 1. The number of benzene rings is 1. The van der Waals surface area contributed by atoms with E-state index >= 15 is 4.39 Å². The summed E-state index contributed by atoms with van der Waals surface area (Å²) < 4.78 is 49.5. The summed E-state index contributed by atoms with van der Waals surface area (Å²) in [6.45, 7) is 2.37. The van der Waals surface area contributed by atoms with Crippen molar-refractivity contribution in [1.82, 2.24) is 19.9 Å². The number of halogens is 3. The van der Waals surface area contributed by atoms with Crippen molar-refractivity contribution < 1.29 is 28.1 Å². The van der Waals surface area contributed by atoms with Crippen molar-refractivity contribution in [2.24, 2.45) is 0 Å². The first-order chi connectivity index (χ1) is 20.3. The predicted octanol–water partition coefficient (Wildman–Crippen LogP) is 5.01. The van der Waals surface area contributed by atoms with Crippen molar-refractivity contribution in [2.45, 2.75) is 68.3 Å². The zero-order chi connectivity index (χ0) is 28.7. The molecule has 6 heterocycles. The number of pyridine rings is 1. The number of hydrogen-bond acceptors (Lipinski definition) is 9. The molecule has 2 unspecified atom stereocenters. The van der Waals surface area contributed by atoms with Gasteiger partial charge in [0, 0.05) is 37.2 Å². The van der Waals surface area contributed by atoms with Crippen LogP contribution in [0.25, 0.3) is 22.2 Å². The van der Waals surface area contributed by atoms with Gasteiger partial charge in [-0.05, 0) is 62.3 Å². The molecule has 8 rings (SSSR count). The van der Waals surface area contributed by atoms with Crippen LogP contribution in [0, 0.1) is 5.82 Å². The minimum Gasteiger partial charge on any atom is -0.508 e. The quantitative estimate of drug-likeness (QED) is 0.434. The van der Waals surface area contributed by atoms with Crippen molar-refractivity contribution in [3.63, 3.8) is 0 Å². The third-order valence-electron chi connectivity index (χ3n) is 9.66. The van der Waals surface area contributed by atoms with Crippen LogP contribution in [0.1, 0.15) is 50.0 Å². The molecule has 1 N–H and O–H groups in total. The van der Waals surface area contributed by atoms with Gasteiger partial charge in [-0.25, -0.2) is 13.8 Å². The third-order valence-corrected chi connectivity index (χ3v) is 9.97. The van der Waals surface area contributed by atoms with Gasteiger partial charge in [-0.15, -0.1) is 0 Å². The highest BCUT2D eigenvalue weighted by Crippen LogP contribution is 2.50. The highest BCUT2D eigenvalue weighted by atomic mass is 35.5. The number of anilines is 1. The number of nitrogens with zero attached hydrogens (tertiary/aromatic N) is 5. The summed E-state index contributed by atoms with van der Waals surface area (Å²) in [5, 5.41) is 11.2. The molecule has 3 aromatic rings. The standard InChI is InChI=1S/C30H32ClF2N5O4/c1-37-20-5-8-40-13-21(20)42-28-23-26(24(33)25(34-28)18-9-17(39)10-19(31)22(18)15-3-4-15)35-29(36-27(23)37)41-14-30-6-2-7-38(30)12-16(32)11-30/h9-10,15-16,20-21,39H,2-8,11-14H2,1H3/t16-,20?,21?,30+/m1/s1. The Morgan fingerprint density at radius 2 is 2.07 bits per heavy atom. The minimum atomic E-state index is -0.895. The van der Waals surface area contributed by atoms with Crippen molar-refractivity contribution in [1.29, 1.82) is 0 Å². The monoisotopic (exact) mass is 599 g/mol. The number of alkyl halides is 1. The van der Waals surface area contributed by atoms with E-state index in [1.807, 2.05) is 11.9 Å². The van der Waals surface area contributed by atoms with Crippen LogP contribution in [0.4, 0.5) is 14.6 Å². The van der Waals surface area contributed by atoms with Gasteiger partial charge < -0.3 is 24.2 Å². The smallest absolute Gasteiger partial charge is 0.319 e. The topological polar surface area (TPSA) is 93.1 Å². The van der Waals surface area contributed by atoms with Crippen LogP contribution in [0.3, 0.4) is 0 Å². The summed E-state index contributed by atoms with van der Waals surface area (Å²) in [6.07, 6.45) is 3.49. The molecule has 4 atom stereocenters. The molecular weight excluding hydrogens is 568 g/mol. The minimum absolute atomic E-state index is 0.00209. The van der Waals surface area contributed by atoms with E-state index in [0.29, 0.717) is 54.4 Å². The number of fused-ring (bicyclic) bond motifs is 2. The first kappa shape index (κ1) is 26.6. The van der Waals surface area contributed by atoms with Crippen molar-refractivity contribution in [3.05, 3.63) is 28.5 Å². The lowest BCUT2D eigenvalue weighted by Gasteiger charge is -2.36. The maximum atomic E-state index is 16.7. The summed E-state index contributed by atoms with van der Waals surface area (Å²) in [7, 11) is 1.90. The van der Waals surface area contributed by atoms with Crippen LogP contribution in [0.15, 0.2) is 12.1 Å². The Balaban J connectivity index is 1.29. The van der Waals surface area contributed by atoms with Crippen LogP contribution < -0.4 is 14.4 Å². The summed E-state index contributed by atoms with van der Waals surface area (Å²) in [6, 6.07) is 2.91. The molecule has 1 aliphatic carbocycles. The molecule has 5 aliphatic rings. The van der Waals surface area contributed by atoms with Crippen LogP contribution >= 0.6 is 11.6 Å². The maximum absolute atomic E-state index is 16.7. The van der Waals surface area contributed by atoms with E-state index in [1.54, 1.807) is 0 Å². The van der Waals surface area contributed by atoms with Crippen LogP contribution in [0.2, 0.25) is 5.02 Å². The third kappa shape index (κ3) is 4.18. The maximum Gasteiger partial charge on any atom is 0.319 e. The van der Waals surface area contributed by atoms with E-state index in [4.69, 9.17) is 35.8 Å². The number of aromatic hydroxyl groups is 1. The largest absolute Gasteiger partial charge is 0.508 e. The van der Waals surface area contributed by atoms with E-state index in [0.717, 1.165) is 37.8 Å². The number of phenolic OH excluding ortho intramolecular Hbond substituents is 1. The Kier molecular flexibility index (Phi) is 6.18. The molecule has 0 radical (unpaired) electrons. The number of aromatic nitrogens is 3. The molecular formula is C30H32ClF2N5O4. The van der Waals surface area contributed by atoms with Gasteiger partial charge in [0.25, 0.3) is 0 Å². The summed E-state index contributed by atoms with van der Waals surface area (Å²) in [5.74, 6) is 0.0687. The Hall–Kier alpha value is -3.02. The van der Waals surface area contributed by atoms with E-state index in [1.165, 1.54) is 12.1 Å². The van der Waals surface area contributed by atoms with Gasteiger partial charge >= 0.3 is 6.01 Å². The van der Waals surface area contributed by atoms with E-state index in [9.17, 15) is 9.50 Å². The highest BCUT2D eigenvalue weighted by Gasteiger charge is 2.49. The Bertz CT molecular complexity index is 1590. The van der Waals surface area contributed by atoms with Gasteiger partial charge in [0.2, 0.25) is 5.88 Å². The van der Waals surface area contributed by atoms with Gasteiger partial charge in [0.15, 0.2) is 5.82 Å². The van der Waals surface area contributed by atoms with Crippen molar-refractivity contribution in [3.8, 4) is 28.9 Å². The zero-order valence-corrected chi connectivity index (χ0v) is 24.0. The van der Waals surface area contributed by atoms with Crippen molar-refractivity contribution >= 4 is 28.3 Å². The molecule has 42 heavy (non-hydrogen) atoms. The number of ether oxygens (including phenoxy) is 3. The Morgan fingerprint density at radius 1 is 1.21 bits per heavy atom. The fraction of sp³-hybridized carbons (Fsp3) is 0.567. The summed E-state index contributed by atoms with van der Waals surface area (Å²) in [5.41, 5.74) is 0.779. The van der Waals surface area contributed by atoms with Gasteiger partial charge in [-0.2, -0.15) is 9.97 Å². The van der Waals surface area contributed by atoms with Crippen LogP contribution in [-0.2, 0) is 4.74 Å². The average molecular weight is 600 g/mol.